The number of anilines is 2. The summed E-state index contributed by atoms with van der Waals surface area (Å²) in [6.07, 6.45) is 1.83. The molecule has 84 valence electrons. The average molecular weight is 210 g/mol. The van der Waals surface area contributed by atoms with Gasteiger partial charge in [-0.05, 0) is 13.8 Å². The second kappa shape index (κ2) is 3.41. The number of aromatic nitrogens is 2. The minimum absolute atomic E-state index is 0.123. The molecule has 1 aromatic heterocycles. The first kappa shape index (κ1) is 10.3. The summed E-state index contributed by atoms with van der Waals surface area (Å²) in [4.78, 5) is 2.18. The monoisotopic (exact) mass is 210 g/mol. The maximum Gasteiger partial charge on any atom is 0.174 e. The molecule has 1 aliphatic rings. The zero-order valence-corrected chi connectivity index (χ0v) is 9.53. The summed E-state index contributed by atoms with van der Waals surface area (Å²) in [5.74, 6) is 0.869. The van der Waals surface area contributed by atoms with Crippen LogP contribution in [-0.4, -0.2) is 35.1 Å². The number of nitrogen functional groups attached to an aromatic ring is 1. The number of aryl methyl sites for hydroxylation is 1. The highest BCUT2D eigenvalue weighted by molar-refractivity contribution is 5.62. The Morgan fingerprint density at radius 3 is 2.80 bits per heavy atom. The third-order valence-electron chi connectivity index (χ3n) is 2.56. The van der Waals surface area contributed by atoms with Gasteiger partial charge in [-0.2, -0.15) is 5.10 Å². The molecule has 2 N–H and O–H groups in total. The Hall–Kier alpha value is -1.23. The lowest BCUT2D eigenvalue weighted by Gasteiger charge is -2.38. The van der Waals surface area contributed by atoms with Gasteiger partial charge in [-0.3, -0.25) is 4.68 Å². The maximum absolute atomic E-state index is 5.89. The zero-order valence-electron chi connectivity index (χ0n) is 9.53. The molecule has 1 saturated heterocycles. The van der Waals surface area contributed by atoms with E-state index in [-0.39, 0.29) is 5.60 Å². The first-order valence-electron chi connectivity index (χ1n) is 5.16. The summed E-state index contributed by atoms with van der Waals surface area (Å²) in [5, 5.41) is 4.36. The molecule has 15 heavy (non-hydrogen) atoms. The van der Waals surface area contributed by atoms with Crippen molar-refractivity contribution in [1.29, 1.82) is 0 Å². The lowest BCUT2D eigenvalue weighted by Crippen LogP contribution is -2.48. The summed E-state index contributed by atoms with van der Waals surface area (Å²) >= 11 is 0. The third-order valence-corrected chi connectivity index (χ3v) is 2.56. The molecule has 0 bridgehead atoms. The van der Waals surface area contributed by atoms with Crippen LogP contribution in [0.4, 0.5) is 11.5 Å². The van der Waals surface area contributed by atoms with Crippen molar-refractivity contribution in [3.05, 3.63) is 6.20 Å². The van der Waals surface area contributed by atoms with Crippen molar-refractivity contribution in [2.24, 2.45) is 7.05 Å². The fraction of sp³-hybridized carbons (Fsp3) is 0.700. The predicted octanol–water partition coefficient (Wildman–Crippen LogP) is 0.617. The molecule has 2 heterocycles. The van der Waals surface area contributed by atoms with Gasteiger partial charge < -0.3 is 15.4 Å². The van der Waals surface area contributed by atoms with E-state index in [1.807, 2.05) is 13.2 Å². The SMILES string of the molecule is Cn1cc(N)c(N2CCOC(C)(C)C2)n1. The van der Waals surface area contributed by atoms with Crippen LogP contribution in [-0.2, 0) is 11.8 Å². The Morgan fingerprint density at radius 1 is 1.53 bits per heavy atom. The van der Waals surface area contributed by atoms with Gasteiger partial charge in [0.1, 0.15) is 0 Å². The van der Waals surface area contributed by atoms with Crippen LogP contribution in [0, 0.1) is 0 Å². The Morgan fingerprint density at radius 2 is 2.27 bits per heavy atom. The van der Waals surface area contributed by atoms with Gasteiger partial charge in [-0.15, -0.1) is 0 Å². The Balaban J connectivity index is 2.20. The number of rotatable bonds is 1. The van der Waals surface area contributed by atoms with E-state index in [4.69, 9.17) is 10.5 Å². The van der Waals surface area contributed by atoms with Crippen molar-refractivity contribution in [3.63, 3.8) is 0 Å². The molecule has 0 amide bonds. The Kier molecular flexibility index (Phi) is 2.34. The lowest BCUT2D eigenvalue weighted by atomic mass is 10.1. The molecule has 2 rings (SSSR count). The molecule has 5 nitrogen and oxygen atoms in total. The van der Waals surface area contributed by atoms with Crippen molar-refractivity contribution in [2.45, 2.75) is 19.4 Å². The normalized spacial score (nSPS) is 20.6. The number of hydrogen-bond donors (Lipinski definition) is 1. The molecule has 0 unspecified atom stereocenters. The summed E-state index contributed by atoms with van der Waals surface area (Å²) in [7, 11) is 1.88. The fourth-order valence-electron chi connectivity index (χ4n) is 1.94. The van der Waals surface area contributed by atoms with Crippen LogP contribution in [0.5, 0.6) is 0 Å². The van der Waals surface area contributed by atoms with Crippen molar-refractivity contribution < 1.29 is 4.74 Å². The van der Waals surface area contributed by atoms with E-state index >= 15 is 0 Å². The van der Waals surface area contributed by atoms with Crippen LogP contribution >= 0.6 is 0 Å². The van der Waals surface area contributed by atoms with Crippen molar-refractivity contribution in [1.82, 2.24) is 9.78 Å². The van der Waals surface area contributed by atoms with E-state index < -0.39 is 0 Å². The molecule has 1 aliphatic heterocycles. The van der Waals surface area contributed by atoms with Gasteiger partial charge in [0.15, 0.2) is 5.82 Å². The molecule has 0 radical (unpaired) electrons. The highest BCUT2D eigenvalue weighted by Crippen LogP contribution is 2.25. The van der Waals surface area contributed by atoms with Crippen LogP contribution in [0.15, 0.2) is 6.20 Å². The van der Waals surface area contributed by atoms with E-state index in [1.165, 1.54) is 0 Å². The fourth-order valence-corrected chi connectivity index (χ4v) is 1.94. The number of morpholine rings is 1. The molecule has 1 fully saturated rings. The first-order chi connectivity index (χ1) is 6.98. The summed E-state index contributed by atoms with van der Waals surface area (Å²) in [6, 6.07) is 0. The second-order valence-electron chi connectivity index (χ2n) is 4.61. The van der Waals surface area contributed by atoms with Gasteiger partial charge in [0.2, 0.25) is 0 Å². The number of ether oxygens (including phenoxy) is 1. The van der Waals surface area contributed by atoms with E-state index in [0.717, 1.165) is 31.2 Å². The van der Waals surface area contributed by atoms with Crippen molar-refractivity contribution >= 4 is 11.5 Å². The quantitative estimate of drug-likeness (QED) is 0.738. The molecule has 1 aromatic rings. The van der Waals surface area contributed by atoms with Crippen LogP contribution < -0.4 is 10.6 Å². The molecular formula is C10H18N4O. The first-order valence-corrected chi connectivity index (χ1v) is 5.16. The highest BCUT2D eigenvalue weighted by Gasteiger charge is 2.29. The molecule has 0 aliphatic carbocycles. The number of nitrogens with two attached hydrogens (primary N) is 1. The molecule has 0 aromatic carbocycles. The molecule has 5 heteroatoms. The largest absolute Gasteiger partial charge is 0.394 e. The predicted molar refractivity (Wildman–Crippen MR) is 59.9 cm³/mol. The van der Waals surface area contributed by atoms with Gasteiger partial charge in [-0.1, -0.05) is 0 Å². The summed E-state index contributed by atoms with van der Waals surface area (Å²) in [5.41, 5.74) is 6.50. The van der Waals surface area contributed by atoms with Gasteiger partial charge >= 0.3 is 0 Å². The van der Waals surface area contributed by atoms with E-state index in [2.05, 4.69) is 23.8 Å². The van der Waals surface area contributed by atoms with E-state index in [0.29, 0.717) is 0 Å². The number of nitrogens with zero attached hydrogens (tertiary/aromatic N) is 3. The number of hydrogen-bond acceptors (Lipinski definition) is 4. The van der Waals surface area contributed by atoms with Crippen molar-refractivity contribution in [2.75, 3.05) is 30.3 Å². The summed E-state index contributed by atoms with van der Waals surface area (Å²) in [6.45, 7) is 6.57. The van der Waals surface area contributed by atoms with Crippen molar-refractivity contribution in [3.8, 4) is 0 Å². The molecule has 0 saturated carbocycles. The Bertz CT molecular complexity index is 358. The Labute approximate surface area is 89.8 Å². The topological polar surface area (TPSA) is 56.3 Å². The van der Waals surface area contributed by atoms with Gasteiger partial charge in [0, 0.05) is 26.3 Å². The summed E-state index contributed by atoms with van der Waals surface area (Å²) < 4.78 is 7.39. The highest BCUT2D eigenvalue weighted by atomic mass is 16.5. The van der Waals surface area contributed by atoms with Gasteiger partial charge in [0.05, 0.1) is 17.9 Å². The smallest absolute Gasteiger partial charge is 0.174 e. The van der Waals surface area contributed by atoms with E-state index in [9.17, 15) is 0 Å². The standard InChI is InChI=1S/C10H18N4O/c1-10(2)7-14(4-5-15-10)9-8(11)6-13(3)12-9/h6H,4-5,7,11H2,1-3H3. The third kappa shape index (κ3) is 2.07. The van der Waals surface area contributed by atoms with Crippen LogP contribution in [0.25, 0.3) is 0 Å². The second-order valence-corrected chi connectivity index (χ2v) is 4.61. The zero-order chi connectivity index (χ0) is 11.1. The molecule has 0 spiro atoms. The molecule has 0 atom stereocenters. The molecular weight excluding hydrogens is 192 g/mol. The lowest BCUT2D eigenvalue weighted by molar-refractivity contribution is -0.0278. The van der Waals surface area contributed by atoms with Crippen LogP contribution in [0.2, 0.25) is 0 Å². The maximum atomic E-state index is 5.89. The van der Waals surface area contributed by atoms with Gasteiger partial charge in [0.25, 0.3) is 0 Å². The minimum atomic E-state index is -0.123. The van der Waals surface area contributed by atoms with Gasteiger partial charge in [-0.25, -0.2) is 0 Å². The minimum Gasteiger partial charge on any atom is -0.394 e. The van der Waals surface area contributed by atoms with Crippen LogP contribution in [0.3, 0.4) is 0 Å². The van der Waals surface area contributed by atoms with Crippen LogP contribution in [0.1, 0.15) is 13.8 Å². The average Bonchev–Trinajstić information content (AvgIpc) is 2.43. The van der Waals surface area contributed by atoms with E-state index in [1.54, 1.807) is 4.68 Å².